The number of H-pyrrole nitrogens is 1. The standard InChI is InChI=1S/C26H29N7O/c1-5-33(26-28-15-14-22(32-26)24-23(16(2)3)29-17(4)30-24)19-12-10-18(11-13-19)25(34)31-21-9-7-6-8-20(21)27/h6-16H,5,27H2,1-4H3,(H,29,30)(H,31,34). The number of nitrogen functional groups attached to an aromatic ring is 1. The fourth-order valence-corrected chi connectivity index (χ4v) is 3.78. The Bertz CT molecular complexity index is 1290. The maximum Gasteiger partial charge on any atom is 0.255 e. The molecule has 8 heteroatoms. The number of amides is 1. The fraction of sp³-hybridized carbons (Fsp3) is 0.231. The molecule has 2 aromatic carbocycles. The van der Waals surface area contributed by atoms with Crippen LogP contribution in [0.4, 0.5) is 23.0 Å². The molecule has 0 spiro atoms. The first-order valence-corrected chi connectivity index (χ1v) is 11.3. The Morgan fingerprint density at radius 2 is 1.82 bits per heavy atom. The van der Waals surface area contributed by atoms with E-state index in [2.05, 4.69) is 34.1 Å². The van der Waals surface area contributed by atoms with Crippen LogP contribution in [0.15, 0.2) is 60.8 Å². The van der Waals surface area contributed by atoms with Crippen molar-refractivity contribution in [3.05, 3.63) is 77.9 Å². The predicted molar refractivity (Wildman–Crippen MR) is 136 cm³/mol. The molecule has 0 atom stereocenters. The van der Waals surface area contributed by atoms with Crippen LogP contribution >= 0.6 is 0 Å². The molecule has 0 saturated carbocycles. The summed E-state index contributed by atoms with van der Waals surface area (Å²) in [6, 6.07) is 16.4. The summed E-state index contributed by atoms with van der Waals surface area (Å²) in [6.45, 7) is 8.87. The molecule has 0 unspecified atom stereocenters. The number of benzene rings is 2. The monoisotopic (exact) mass is 455 g/mol. The van der Waals surface area contributed by atoms with Gasteiger partial charge >= 0.3 is 0 Å². The fourth-order valence-electron chi connectivity index (χ4n) is 3.78. The van der Waals surface area contributed by atoms with E-state index in [1.165, 1.54) is 0 Å². The highest BCUT2D eigenvalue weighted by molar-refractivity contribution is 6.05. The van der Waals surface area contributed by atoms with E-state index in [-0.39, 0.29) is 11.8 Å². The van der Waals surface area contributed by atoms with Crippen molar-refractivity contribution in [3.8, 4) is 11.4 Å². The number of hydrogen-bond donors (Lipinski definition) is 3. The van der Waals surface area contributed by atoms with Crippen molar-refractivity contribution in [3.63, 3.8) is 0 Å². The molecule has 2 heterocycles. The van der Waals surface area contributed by atoms with Crippen LogP contribution in [-0.2, 0) is 0 Å². The minimum absolute atomic E-state index is 0.221. The molecule has 1 amide bonds. The second-order valence-corrected chi connectivity index (χ2v) is 8.31. The zero-order valence-electron chi connectivity index (χ0n) is 19.8. The summed E-state index contributed by atoms with van der Waals surface area (Å²) in [4.78, 5) is 31.9. The van der Waals surface area contributed by atoms with Gasteiger partial charge in [0.1, 0.15) is 5.82 Å². The van der Waals surface area contributed by atoms with E-state index in [0.717, 1.165) is 28.6 Å². The first-order chi connectivity index (χ1) is 16.4. The number of anilines is 4. The Hall–Kier alpha value is -4.20. The first-order valence-electron chi connectivity index (χ1n) is 11.3. The molecular weight excluding hydrogens is 426 g/mol. The highest BCUT2D eigenvalue weighted by atomic mass is 16.1. The second kappa shape index (κ2) is 9.74. The summed E-state index contributed by atoms with van der Waals surface area (Å²) < 4.78 is 0. The van der Waals surface area contributed by atoms with Crippen LogP contribution in [0.3, 0.4) is 0 Å². The van der Waals surface area contributed by atoms with Crippen molar-refractivity contribution in [2.24, 2.45) is 0 Å². The van der Waals surface area contributed by atoms with Crippen molar-refractivity contribution >= 4 is 28.9 Å². The van der Waals surface area contributed by atoms with Crippen LogP contribution in [0.25, 0.3) is 11.4 Å². The van der Waals surface area contributed by atoms with Crippen LogP contribution in [0.1, 0.15) is 48.6 Å². The van der Waals surface area contributed by atoms with Gasteiger partial charge in [-0.3, -0.25) is 4.79 Å². The van der Waals surface area contributed by atoms with Crippen LogP contribution in [0.5, 0.6) is 0 Å². The van der Waals surface area contributed by atoms with Gasteiger partial charge in [0.2, 0.25) is 5.95 Å². The Morgan fingerprint density at radius 3 is 2.50 bits per heavy atom. The number of aromatic nitrogens is 4. The molecular formula is C26H29N7O. The summed E-state index contributed by atoms with van der Waals surface area (Å²) >= 11 is 0. The maximum absolute atomic E-state index is 12.7. The van der Waals surface area contributed by atoms with Crippen LogP contribution in [0, 0.1) is 6.92 Å². The smallest absolute Gasteiger partial charge is 0.255 e. The Morgan fingerprint density at radius 1 is 1.09 bits per heavy atom. The molecule has 0 radical (unpaired) electrons. The Kier molecular flexibility index (Phi) is 6.58. The number of aromatic amines is 1. The van der Waals surface area contributed by atoms with Gasteiger partial charge in [-0.15, -0.1) is 0 Å². The molecule has 4 N–H and O–H groups in total. The van der Waals surface area contributed by atoms with Crippen LogP contribution in [-0.4, -0.2) is 32.4 Å². The Labute approximate surface area is 199 Å². The molecule has 0 aliphatic heterocycles. The average molecular weight is 456 g/mol. The van der Waals surface area contributed by atoms with Gasteiger partial charge in [-0.2, -0.15) is 0 Å². The molecule has 34 heavy (non-hydrogen) atoms. The summed E-state index contributed by atoms with van der Waals surface area (Å²) in [6.07, 6.45) is 1.76. The summed E-state index contributed by atoms with van der Waals surface area (Å²) in [7, 11) is 0. The minimum atomic E-state index is -0.221. The number of rotatable bonds is 7. The molecule has 2 aromatic heterocycles. The lowest BCUT2D eigenvalue weighted by Crippen LogP contribution is -2.19. The van der Waals surface area contributed by atoms with Gasteiger partial charge in [0, 0.05) is 24.0 Å². The highest BCUT2D eigenvalue weighted by Gasteiger charge is 2.18. The molecule has 8 nitrogen and oxygen atoms in total. The third-order valence-corrected chi connectivity index (χ3v) is 5.50. The lowest BCUT2D eigenvalue weighted by molar-refractivity contribution is 0.102. The molecule has 0 aliphatic rings. The molecule has 174 valence electrons. The van der Waals surface area contributed by atoms with E-state index in [0.29, 0.717) is 29.4 Å². The van der Waals surface area contributed by atoms with Crippen molar-refractivity contribution in [2.75, 3.05) is 22.5 Å². The maximum atomic E-state index is 12.7. The summed E-state index contributed by atoms with van der Waals surface area (Å²) in [5.74, 6) is 1.49. The van der Waals surface area contributed by atoms with Crippen LogP contribution in [0.2, 0.25) is 0 Å². The Balaban J connectivity index is 1.58. The molecule has 0 aliphatic carbocycles. The van der Waals surface area contributed by atoms with E-state index in [1.807, 2.05) is 49.1 Å². The normalized spacial score (nSPS) is 11.0. The number of imidazole rings is 1. The topological polar surface area (TPSA) is 113 Å². The van der Waals surface area contributed by atoms with Crippen molar-refractivity contribution in [1.82, 2.24) is 19.9 Å². The van der Waals surface area contributed by atoms with Gasteiger partial charge in [0.15, 0.2) is 0 Å². The lowest BCUT2D eigenvalue weighted by Gasteiger charge is -2.21. The van der Waals surface area contributed by atoms with Gasteiger partial charge in [-0.1, -0.05) is 26.0 Å². The van der Waals surface area contributed by atoms with Crippen LogP contribution < -0.4 is 16.0 Å². The largest absolute Gasteiger partial charge is 0.397 e. The lowest BCUT2D eigenvalue weighted by atomic mass is 10.1. The highest BCUT2D eigenvalue weighted by Crippen LogP contribution is 2.29. The van der Waals surface area contributed by atoms with Gasteiger partial charge < -0.3 is 20.9 Å². The number of carbonyl (C=O) groups excluding carboxylic acids is 1. The van der Waals surface area contributed by atoms with E-state index < -0.39 is 0 Å². The summed E-state index contributed by atoms with van der Waals surface area (Å²) in [5.41, 5.74) is 11.2. The number of nitrogens with zero attached hydrogens (tertiary/aromatic N) is 4. The quantitative estimate of drug-likeness (QED) is 0.326. The summed E-state index contributed by atoms with van der Waals surface area (Å²) in [5, 5.41) is 2.85. The SMILES string of the molecule is CCN(c1ccc(C(=O)Nc2ccccc2N)cc1)c1nccc(-c2[nH]c(C)nc2C(C)C)n1. The number of nitrogens with one attached hydrogen (secondary N) is 2. The predicted octanol–water partition coefficient (Wildman–Crippen LogP) is 5.29. The molecule has 4 aromatic rings. The van der Waals surface area contributed by atoms with Gasteiger partial charge in [0.25, 0.3) is 5.91 Å². The van der Waals surface area contributed by atoms with Gasteiger partial charge in [-0.25, -0.2) is 15.0 Å². The van der Waals surface area contributed by atoms with E-state index >= 15 is 0 Å². The third kappa shape index (κ3) is 4.76. The molecule has 4 rings (SSSR count). The number of para-hydroxylation sites is 2. The first kappa shape index (κ1) is 23.0. The molecule has 0 bridgehead atoms. The number of hydrogen-bond acceptors (Lipinski definition) is 6. The zero-order valence-corrected chi connectivity index (χ0v) is 19.8. The van der Waals surface area contributed by atoms with Crippen molar-refractivity contribution < 1.29 is 4.79 Å². The number of nitrogens with two attached hydrogens (primary N) is 1. The third-order valence-electron chi connectivity index (χ3n) is 5.50. The van der Waals surface area contributed by atoms with E-state index in [9.17, 15) is 4.79 Å². The second-order valence-electron chi connectivity index (χ2n) is 8.31. The number of carbonyl (C=O) groups is 1. The van der Waals surface area contributed by atoms with Gasteiger partial charge in [-0.05, 0) is 62.2 Å². The zero-order chi connectivity index (χ0) is 24.2. The van der Waals surface area contributed by atoms with Crippen molar-refractivity contribution in [2.45, 2.75) is 33.6 Å². The van der Waals surface area contributed by atoms with Gasteiger partial charge in [0.05, 0.1) is 28.5 Å². The molecule has 0 saturated heterocycles. The molecule has 0 fully saturated rings. The minimum Gasteiger partial charge on any atom is -0.397 e. The number of aryl methyl sites for hydroxylation is 1. The van der Waals surface area contributed by atoms with Crippen molar-refractivity contribution in [1.29, 1.82) is 0 Å². The van der Waals surface area contributed by atoms with E-state index in [4.69, 9.17) is 10.7 Å². The van der Waals surface area contributed by atoms with E-state index in [1.54, 1.807) is 30.5 Å². The average Bonchev–Trinajstić information content (AvgIpc) is 3.24.